The van der Waals surface area contributed by atoms with E-state index in [0.717, 1.165) is 10.0 Å². The smallest absolute Gasteiger partial charge is 0.274 e. The summed E-state index contributed by atoms with van der Waals surface area (Å²) in [7, 11) is 3.48. The molecule has 6 heteroatoms. The maximum absolute atomic E-state index is 12.5. The Morgan fingerprint density at radius 3 is 2.65 bits per heavy atom. The van der Waals surface area contributed by atoms with Crippen molar-refractivity contribution in [2.75, 3.05) is 12.8 Å². The van der Waals surface area contributed by atoms with E-state index in [1.54, 1.807) is 25.9 Å². The maximum Gasteiger partial charge on any atom is 0.274 e. The van der Waals surface area contributed by atoms with Crippen molar-refractivity contribution in [1.82, 2.24) is 14.7 Å². The summed E-state index contributed by atoms with van der Waals surface area (Å²) in [5, 5.41) is 4.17. The number of amides is 1. The molecule has 2 N–H and O–H groups in total. The van der Waals surface area contributed by atoms with E-state index in [9.17, 15) is 4.79 Å². The predicted octanol–water partition coefficient (Wildman–Crippen LogP) is 2.35. The van der Waals surface area contributed by atoms with Gasteiger partial charge in [-0.3, -0.25) is 9.48 Å². The van der Waals surface area contributed by atoms with E-state index in [1.165, 1.54) is 4.68 Å². The average molecular weight is 337 g/mol. The third-order valence-corrected chi connectivity index (χ3v) is 3.96. The third-order valence-electron chi connectivity index (χ3n) is 3.18. The lowest BCUT2D eigenvalue weighted by atomic mass is 10.2. The molecule has 0 aliphatic carbocycles. The first-order chi connectivity index (χ1) is 9.41. The molecule has 1 heterocycles. The molecule has 0 spiro atoms. The molecule has 2 rings (SSSR count). The van der Waals surface area contributed by atoms with Gasteiger partial charge in [0.05, 0.1) is 11.4 Å². The highest BCUT2D eigenvalue weighted by molar-refractivity contribution is 9.10. The number of hydrogen-bond acceptors (Lipinski definition) is 3. The van der Waals surface area contributed by atoms with Crippen molar-refractivity contribution in [3.05, 3.63) is 45.7 Å². The molecule has 0 unspecified atom stereocenters. The van der Waals surface area contributed by atoms with Gasteiger partial charge in [0.15, 0.2) is 0 Å². The van der Waals surface area contributed by atoms with Gasteiger partial charge in [-0.15, -0.1) is 0 Å². The first-order valence-corrected chi connectivity index (χ1v) is 6.99. The maximum atomic E-state index is 12.5. The molecule has 20 heavy (non-hydrogen) atoms. The van der Waals surface area contributed by atoms with E-state index in [4.69, 9.17) is 5.73 Å². The van der Waals surface area contributed by atoms with E-state index in [-0.39, 0.29) is 5.91 Å². The molecule has 106 valence electrons. The fourth-order valence-electron chi connectivity index (χ4n) is 2.06. The molecule has 2 aromatic rings. The number of nitrogen functional groups attached to an aromatic ring is 1. The molecular weight excluding hydrogens is 320 g/mol. The number of nitrogens with two attached hydrogens (primary N) is 1. The number of benzene rings is 1. The second-order valence-corrected chi connectivity index (χ2v) is 5.58. The minimum Gasteiger partial charge on any atom is -0.395 e. The number of carbonyl (C=O) groups excluding carboxylic acids is 1. The minimum absolute atomic E-state index is 0.138. The van der Waals surface area contributed by atoms with Crippen LogP contribution in [0.25, 0.3) is 0 Å². The second kappa shape index (κ2) is 5.66. The summed E-state index contributed by atoms with van der Waals surface area (Å²) in [5.74, 6) is -0.138. The van der Waals surface area contributed by atoms with Crippen LogP contribution >= 0.6 is 15.9 Å². The Bertz CT molecular complexity index is 651. The van der Waals surface area contributed by atoms with Gasteiger partial charge < -0.3 is 10.6 Å². The van der Waals surface area contributed by atoms with Crippen LogP contribution in [0.4, 0.5) is 5.69 Å². The predicted molar refractivity (Wildman–Crippen MR) is 82.3 cm³/mol. The second-order valence-electron chi connectivity index (χ2n) is 4.72. The molecule has 1 aromatic carbocycles. The Labute approximate surface area is 126 Å². The third kappa shape index (κ3) is 2.70. The van der Waals surface area contributed by atoms with Crippen molar-refractivity contribution in [2.45, 2.75) is 13.5 Å². The lowest BCUT2D eigenvalue weighted by Gasteiger charge is -2.18. The van der Waals surface area contributed by atoms with Crippen LogP contribution in [-0.2, 0) is 13.6 Å². The van der Waals surface area contributed by atoms with Crippen molar-refractivity contribution in [1.29, 1.82) is 0 Å². The molecule has 0 atom stereocenters. The van der Waals surface area contributed by atoms with Crippen LogP contribution in [0, 0.1) is 6.92 Å². The van der Waals surface area contributed by atoms with Gasteiger partial charge >= 0.3 is 0 Å². The van der Waals surface area contributed by atoms with E-state index in [1.807, 2.05) is 24.3 Å². The number of anilines is 1. The number of hydrogen-bond donors (Lipinski definition) is 1. The quantitative estimate of drug-likeness (QED) is 0.935. The lowest BCUT2D eigenvalue weighted by Crippen LogP contribution is -2.28. The summed E-state index contributed by atoms with van der Waals surface area (Å²) >= 11 is 3.48. The first kappa shape index (κ1) is 14.6. The Kier molecular flexibility index (Phi) is 4.13. The first-order valence-electron chi connectivity index (χ1n) is 6.19. The largest absolute Gasteiger partial charge is 0.395 e. The minimum atomic E-state index is -0.138. The van der Waals surface area contributed by atoms with Gasteiger partial charge in [0.1, 0.15) is 5.69 Å². The monoisotopic (exact) mass is 336 g/mol. The number of aromatic nitrogens is 2. The summed E-state index contributed by atoms with van der Waals surface area (Å²) in [6, 6.07) is 7.82. The molecule has 1 aromatic heterocycles. The van der Waals surface area contributed by atoms with Crippen LogP contribution in [0.2, 0.25) is 0 Å². The van der Waals surface area contributed by atoms with Crippen LogP contribution in [-0.4, -0.2) is 27.6 Å². The van der Waals surface area contributed by atoms with Crippen LogP contribution in [0.5, 0.6) is 0 Å². The Balaban J connectivity index is 2.23. The normalized spacial score (nSPS) is 10.6. The number of halogens is 1. The number of carbonyl (C=O) groups is 1. The fourth-order valence-corrected chi connectivity index (χ4v) is 2.47. The molecule has 0 radical (unpaired) electrons. The van der Waals surface area contributed by atoms with E-state index in [0.29, 0.717) is 23.6 Å². The van der Waals surface area contributed by atoms with Gasteiger partial charge in [-0.05, 0) is 18.6 Å². The standard InChI is InChI=1S/C14H17BrN4O/c1-9-12(16)13(19(3)17-9)14(20)18(2)8-10-6-4-5-7-11(10)15/h4-7H,8,16H2,1-3H3. The van der Waals surface area contributed by atoms with E-state index >= 15 is 0 Å². The lowest BCUT2D eigenvalue weighted by molar-refractivity contribution is 0.0775. The van der Waals surface area contributed by atoms with Gasteiger partial charge in [-0.2, -0.15) is 5.10 Å². The molecule has 0 aliphatic heterocycles. The number of rotatable bonds is 3. The van der Waals surface area contributed by atoms with Crippen LogP contribution in [0.15, 0.2) is 28.7 Å². The summed E-state index contributed by atoms with van der Waals surface area (Å²) < 4.78 is 2.51. The van der Waals surface area contributed by atoms with Crippen molar-refractivity contribution in [2.24, 2.45) is 7.05 Å². The van der Waals surface area contributed by atoms with Gasteiger partial charge in [0, 0.05) is 25.1 Å². The Hall–Kier alpha value is -1.82. The molecule has 0 bridgehead atoms. The molecule has 0 aliphatic rings. The van der Waals surface area contributed by atoms with Crippen molar-refractivity contribution in [3.8, 4) is 0 Å². The zero-order valence-electron chi connectivity index (χ0n) is 11.7. The van der Waals surface area contributed by atoms with Crippen molar-refractivity contribution < 1.29 is 4.79 Å². The van der Waals surface area contributed by atoms with Crippen LogP contribution < -0.4 is 5.73 Å². The molecule has 1 amide bonds. The molecule has 0 fully saturated rings. The SMILES string of the molecule is Cc1nn(C)c(C(=O)N(C)Cc2ccccc2Br)c1N. The average Bonchev–Trinajstić information content (AvgIpc) is 2.65. The molecule has 5 nitrogen and oxygen atoms in total. The fraction of sp³-hybridized carbons (Fsp3) is 0.286. The highest BCUT2D eigenvalue weighted by atomic mass is 79.9. The molecule has 0 saturated carbocycles. The van der Waals surface area contributed by atoms with Gasteiger partial charge in [0.2, 0.25) is 0 Å². The van der Waals surface area contributed by atoms with Crippen LogP contribution in [0.1, 0.15) is 21.7 Å². The zero-order valence-corrected chi connectivity index (χ0v) is 13.3. The van der Waals surface area contributed by atoms with Crippen LogP contribution in [0.3, 0.4) is 0 Å². The van der Waals surface area contributed by atoms with E-state index in [2.05, 4.69) is 21.0 Å². The number of nitrogens with zero attached hydrogens (tertiary/aromatic N) is 3. The molecular formula is C14H17BrN4O. The van der Waals surface area contributed by atoms with Crippen molar-refractivity contribution >= 4 is 27.5 Å². The van der Waals surface area contributed by atoms with Crippen molar-refractivity contribution in [3.63, 3.8) is 0 Å². The summed E-state index contributed by atoms with van der Waals surface area (Å²) in [6.45, 7) is 2.30. The van der Waals surface area contributed by atoms with Gasteiger partial charge in [-0.1, -0.05) is 34.1 Å². The topological polar surface area (TPSA) is 64.2 Å². The summed E-state index contributed by atoms with van der Waals surface area (Å²) in [6.07, 6.45) is 0. The summed E-state index contributed by atoms with van der Waals surface area (Å²) in [5.41, 5.74) is 8.51. The van der Waals surface area contributed by atoms with E-state index < -0.39 is 0 Å². The highest BCUT2D eigenvalue weighted by Crippen LogP contribution is 2.20. The molecule has 0 saturated heterocycles. The van der Waals surface area contributed by atoms with Gasteiger partial charge in [-0.25, -0.2) is 0 Å². The zero-order chi connectivity index (χ0) is 14.9. The highest BCUT2D eigenvalue weighted by Gasteiger charge is 2.21. The van der Waals surface area contributed by atoms with Gasteiger partial charge in [0.25, 0.3) is 5.91 Å². The Morgan fingerprint density at radius 1 is 1.45 bits per heavy atom. The number of aryl methyl sites for hydroxylation is 2. The summed E-state index contributed by atoms with van der Waals surface area (Å²) in [4.78, 5) is 14.1. The Morgan fingerprint density at radius 2 is 2.10 bits per heavy atom.